The third-order valence-corrected chi connectivity index (χ3v) is 3.43. The molecule has 4 nitrogen and oxygen atoms in total. The predicted octanol–water partition coefficient (Wildman–Crippen LogP) is 3.57. The number of hydrogen-bond donors (Lipinski definition) is 1. The lowest BCUT2D eigenvalue weighted by molar-refractivity contribution is 0.100. The Morgan fingerprint density at radius 1 is 0.739 bits per heavy atom. The van der Waals surface area contributed by atoms with Crippen LogP contribution in [0.2, 0.25) is 0 Å². The number of fused-ring (bicyclic) bond motifs is 2. The molecule has 2 N–H and O–H groups in total. The number of para-hydroxylation sites is 2. The topological polar surface area (TPSA) is 68.9 Å². The highest BCUT2D eigenvalue weighted by molar-refractivity contribution is 6.05. The first-order valence-corrected chi connectivity index (χ1v) is 7.19. The minimum atomic E-state index is -0.418. The summed E-state index contributed by atoms with van der Waals surface area (Å²) in [5.41, 5.74) is 7.58. The molecule has 4 rings (SSSR count). The Balaban J connectivity index is 0.000000140. The fourth-order valence-electron chi connectivity index (χ4n) is 2.33. The minimum Gasteiger partial charge on any atom is -0.366 e. The summed E-state index contributed by atoms with van der Waals surface area (Å²) in [6.07, 6.45) is 3.39. The molecule has 0 radical (unpaired) electrons. The second kappa shape index (κ2) is 6.66. The summed E-state index contributed by atoms with van der Waals surface area (Å²) in [7, 11) is 0. The molecule has 0 unspecified atom stereocenters. The van der Waals surface area contributed by atoms with Crippen LogP contribution in [0.15, 0.2) is 79.1 Å². The van der Waals surface area contributed by atoms with Gasteiger partial charge in [0.25, 0.3) is 0 Å². The summed E-state index contributed by atoms with van der Waals surface area (Å²) < 4.78 is 0. The van der Waals surface area contributed by atoms with Crippen molar-refractivity contribution >= 4 is 27.7 Å². The van der Waals surface area contributed by atoms with Gasteiger partial charge in [0.1, 0.15) is 0 Å². The molecular formula is C19H15N3O. The van der Waals surface area contributed by atoms with Gasteiger partial charge in [-0.05, 0) is 24.3 Å². The minimum absolute atomic E-state index is 0.418. The van der Waals surface area contributed by atoms with Gasteiger partial charge in [0.05, 0.1) is 16.6 Å². The number of pyridine rings is 2. The van der Waals surface area contributed by atoms with E-state index in [-0.39, 0.29) is 0 Å². The quantitative estimate of drug-likeness (QED) is 0.584. The van der Waals surface area contributed by atoms with Crippen molar-refractivity contribution in [2.75, 3.05) is 0 Å². The zero-order chi connectivity index (χ0) is 16.1. The summed E-state index contributed by atoms with van der Waals surface area (Å²) in [5.74, 6) is -0.418. The van der Waals surface area contributed by atoms with Crippen LogP contribution in [0, 0.1) is 0 Å². The molecule has 0 fully saturated rings. The van der Waals surface area contributed by atoms with Gasteiger partial charge in [-0.25, -0.2) is 0 Å². The molecule has 0 aliphatic heterocycles. The first-order chi connectivity index (χ1) is 11.3. The average Bonchev–Trinajstić information content (AvgIpc) is 2.62. The molecule has 4 heteroatoms. The monoisotopic (exact) mass is 301 g/mol. The number of primary amides is 1. The van der Waals surface area contributed by atoms with Crippen LogP contribution in [-0.4, -0.2) is 15.9 Å². The molecule has 2 aromatic heterocycles. The zero-order valence-corrected chi connectivity index (χ0v) is 12.4. The predicted molar refractivity (Wildman–Crippen MR) is 92.0 cm³/mol. The van der Waals surface area contributed by atoms with Crippen LogP contribution in [0.3, 0.4) is 0 Å². The van der Waals surface area contributed by atoms with Crippen LogP contribution in [0.25, 0.3) is 21.8 Å². The van der Waals surface area contributed by atoms with Crippen molar-refractivity contribution < 1.29 is 4.79 Å². The normalized spacial score (nSPS) is 10.1. The van der Waals surface area contributed by atoms with Crippen molar-refractivity contribution in [1.82, 2.24) is 9.97 Å². The molecule has 112 valence electrons. The van der Waals surface area contributed by atoms with E-state index in [2.05, 4.69) is 22.1 Å². The summed E-state index contributed by atoms with van der Waals surface area (Å²) >= 11 is 0. The number of hydrogen-bond acceptors (Lipinski definition) is 3. The summed E-state index contributed by atoms with van der Waals surface area (Å²) in [6.45, 7) is 0. The highest BCUT2D eigenvalue weighted by Gasteiger charge is 2.04. The van der Waals surface area contributed by atoms with Gasteiger partial charge in [-0.3, -0.25) is 14.8 Å². The molecule has 23 heavy (non-hydrogen) atoms. The standard InChI is InChI=1S/C10H8N2O.C9H7N/c11-10(13)8-5-6-12-9-4-2-1-3-7(8)9;1-2-6-9-8(4-1)5-3-7-10-9/h1-6H,(H2,11,13);1-7H. The van der Waals surface area contributed by atoms with Crippen molar-refractivity contribution in [3.05, 3.63) is 84.7 Å². The maximum atomic E-state index is 11.0. The van der Waals surface area contributed by atoms with Crippen LogP contribution in [0.4, 0.5) is 0 Å². The molecule has 0 bridgehead atoms. The largest absolute Gasteiger partial charge is 0.366 e. The molecule has 0 saturated carbocycles. The Labute approximate surface area is 133 Å². The molecule has 0 aliphatic carbocycles. The van der Waals surface area contributed by atoms with E-state index < -0.39 is 5.91 Å². The SMILES string of the molecule is NC(=O)c1ccnc2ccccc12.c1ccc2ncccc2c1. The first kappa shape index (κ1) is 14.7. The van der Waals surface area contributed by atoms with Crippen molar-refractivity contribution in [2.24, 2.45) is 5.73 Å². The molecule has 0 atom stereocenters. The van der Waals surface area contributed by atoms with Crippen LogP contribution in [-0.2, 0) is 0 Å². The van der Waals surface area contributed by atoms with Gasteiger partial charge in [0, 0.05) is 23.2 Å². The van der Waals surface area contributed by atoms with Gasteiger partial charge >= 0.3 is 0 Å². The molecule has 4 aromatic rings. The molecule has 1 amide bonds. The lowest BCUT2D eigenvalue weighted by atomic mass is 10.1. The number of carbonyl (C=O) groups excluding carboxylic acids is 1. The summed E-state index contributed by atoms with van der Waals surface area (Å²) in [4.78, 5) is 19.3. The highest BCUT2D eigenvalue weighted by Crippen LogP contribution is 2.15. The van der Waals surface area contributed by atoms with Crippen molar-refractivity contribution in [3.8, 4) is 0 Å². The van der Waals surface area contributed by atoms with E-state index in [4.69, 9.17) is 5.73 Å². The number of nitrogens with zero attached hydrogens (tertiary/aromatic N) is 2. The van der Waals surface area contributed by atoms with Crippen molar-refractivity contribution in [2.45, 2.75) is 0 Å². The number of aromatic nitrogens is 2. The van der Waals surface area contributed by atoms with E-state index in [1.165, 1.54) is 5.39 Å². The Kier molecular flexibility index (Phi) is 4.25. The van der Waals surface area contributed by atoms with Gasteiger partial charge in [-0.2, -0.15) is 0 Å². The Bertz CT molecular complexity index is 896. The Morgan fingerprint density at radius 2 is 1.39 bits per heavy atom. The van der Waals surface area contributed by atoms with E-state index in [0.29, 0.717) is 5.56 Å². The number of benzene rings is 2. The molecule has 2 heterocycles. The van der Waals surface area contributed by atoms with Crippen LogP contribution < -0.4 is 5.73 Å². The van der Waals surface area contributed by atoms with Gasteiger partial charge in [-0.1, -0.05) is 42.5 Å². The first-order valence-electron chi connectivity index (χ1n) is 7.19. The second-order valence-electron chi connectivity index (χ2n) is 4.94. The Morgan fingerprint density at radius 3 is 2.17 bits per heavy atom. The number of rotatable bonds is 1. The number of amides is 1. The number of carbonyl (C=O) groups is 1. The second-order valence-corrected chi connectivity index (χ2v) is 4.94. The highest BCUT2D eigenvalue weighted by atomic mass is 16.1. The van der Waals surface area contributed by atoms with E-state index in [1.54, 1.807) is 12.3 Å². The van der Waals surface area contributed by atoms with Gasteiger partial charge < -0.3 is 5.73 Å². The molecule has 0 spiro atoms. The van der Waals surface area contributed by atoms with Gasteiger partial charge in [0.2, 0.25) is 5.91 Å². The van der Waals surface area contributed by atoms with E-state index in [0.717, 1.165) is 16.4 Å². The molecule has 2 aromatic carbocycles. The van der Waals surface area contributed by atoms with Crippen LogP contribution in [0.1, 0.15) is 10.4 Å². The van der Waals surface area contributed by atoms with E-state index in [9.17, 15) is 4.79 Å². The fraction of sp³-hybridized carbons (Fsp3) is 0. The van der Waals surface area contributed by atoms with Gasteiger partial charge in [0.15, 0.2) is 0 Å². The average molecular weight is 301 g/mol. The van der Waals surface area contributed by atoms with Crippen molar-refractivity contribution in [1.29, 1.82) is 0 Å². The smallest absolute Gasteiger partial charge is 0.249 e. The maximum absolute atomic E-state index is 11.0. The zero-order valence-electron chi connectivity index (χ0n) is 12.4. The van der Waals surface area contributed by atoms with E-state index in [1.807, 2.05) is 54.7 Å². The fourth-order valence-corrected chi connectivity index (χ4v) is 2.33. The molecular weight excluding hydrogens is 286 g/mol. The third-order valence-electron chi connectivity index (χ3n) is 3.43. The Hall–Kier alpha value is -3.27. The van der Waals surface area contributed by atoms with Crippen LogP contribution in [0.5, 0.6) is 0 Å². The number of nitrogens with two attached hydrogens (primary N) is 1. The van der Waals surface area contributed by atoms with Crippen molar-refractivity contribution in [3.63, 3.8) is 0 Å². The molecule has 0 saturated heterocycles. The molecule has 0 aliphatic rings. The third kappa shape index (κ3) is 3.32. The summed E-state index contributed by atoms with van der Waals surface area (Å²) in [5, 5.41) is 2.00. The maximum Gasteiger partial charge on any atom is 0.249 e. The summed E-state index contributed by atoms with van der Waals surface area (Å²) in [6, 6.07) is 21.1. The lowest BCUT2D eigenvalue weighted by Gasteiger charge is -2.00. The van der Waals surface area contributed by atoms with Gasteiger partial charge in [-0.15, -0.1) is 0 Å². The van der Waals surface area contributed by atoms with Crippen LogP contribution >= 0.6 is 0 Å². The lowest BCUT2D eigenvalue weighted by Crippen LogP contribution is -2.11. The van der Waals surface area contributed by atoms with E-state index >= 15 is 0 Å².